The van der Waals surface area contributed by atoms with Gasteiger partial charge in [0.1, 0.15) is 5.75 Å². The number of carbonyl (C=O) groups excluding carboxylic acids is 1. The molecule has 1 aromatic heterocycles. The molecule has 0 aliphatic carbocycles. The topological polar surface area (TPSA) is 69.0 Å². The number of anilines is 1. The summed E-state index contributed by atoms with van der Waals surface area (Å²) in [7, 11) is 1.60. The number of hydrogen-bond acceptors (Lipinski definition) is 5. The number of hydrogen-bond donors (Lipinski definition) is 1. The number of rotatable bonds is 7. The van der Waals surface area contributed by atoms with Gasteiger partial charge in [-0.15, -0.1) is 10.2 Å². The molecule has 0 saturated heterocycles. The first-order chi connectivity index (χ1) is 13.5. The molecule has 6 nitrogen and oxygen atoms in total. The van der Waals surface area contributed by atoms with E-state index in [0.717, 1.165) is 22.8 Å². The second-order valence-corrected chi connectivity index (χ2v) is 7.78. The predicted molar refractivity (Wildman–Crippen MR) is 113 cm³/mol. The lowest BCUT2D eigenvalue weighted by Gasteiger charge is -2.13. The van der Waals surface area contributed by atoms with Crippen molar-refractivity contribution in [2.24, 2.45) is 0 Å². The van der Waals surface area contributed by atoms with Gasteiger partial charge in [-0.3, -0.25) is 4.79 Å². The number of ether oxygens (including phenoxy) is 1. The van der Waals surface area contributed by atoms with Gasteiger partial charge in [-0.25, -0.2) is 0 Å². The molecule has 146 valence electrons. The van der Waals surface area contributed by atoms with E-state index in [2.05, 4.69) is 15.5 Å². The van der Waals surface area contributed by atoms with E-state index in [1.807, 2.05) is 42.7 Å². The van der Waals surface area contributed by atoms with Crippen LogP contribution >= 0.6 is 23.4 Å². The van der Waals surface area contributed by atoms with Gasteiger partial charge in [0.2, 0.25) is 5.91 Å². The molecule has 0 spiro atoms. The lowest BCUT2D eigenvalue weighted by atomic mass is 10.2. The first-order valence-corrected chi connectivity index (χ1v) is 10.1. The third-order valence-electron chi connectivity index (χ3n) is 4.12. The largest absolute Gasteiger partial charge is 0.497 e. The Morgan fingerprint density at radius 1 is 1.25 bits per heavy atom. The molecule has 1 amide bonds. The molecule has 0 aliphatic rings. The van der Waals surface area contributed by atoms with Gasteiger partial charge in [0.25, 0.3) is 0 Å². The zero-order valence-electron chi connectivity index (χ0n) is 15.8. The standard InChI is InChI=1S/C20H21ClN4O2S/c1-4-25-18(14-6-5-7-15(21)12-14)23-24-20(25)28-13(2)19(26)22-16-8-10-17(27-3)11-9-16/h5-13H,4H2,1-3H3,(H,22,26)/t13-/m0/s1. The molecule has 3 aromatic rings. The number of carbonyl (C=O) groups is 1. The van der Waals surface area contributed by atoms with Gasteiger partial charge in [-0.05, 0) is 50.2 Å². The van der Waals surface area contributed by atoms with Crippen molar-refractivity contribution in [2.45, 2.75) is 30.8 Å². The van der Waals surface area contributed by atoms with E-state index in [9.17, 15) is 4.79 Å². The molecule has 3 rings (SSSR count). The molecule has 1 N–H and O–H groups in total. The average molecular weight is 417 g/mol. The van der Waals surface area contributed by atoms with Gasteiger partial charge < -0.3 is 14.6 Å². The molecule has 8 heteroatoms. The Balaban J connectivity index is 1.72. The van der Waals surface area contributed by atoms with Crippen LogP contribution in [-0.4, -0.2) is 33.0 Å². The minimum Gasteiger partial charge on any atom is -0.497 e. The highest BCUT2D eigenvalue weighted by Gasteiger charge is 2.20. The van der Waals surface area contributed by atoms with E-state index >= 15 is 0 Å². The van der Waals surface area contributed by atoms with Crippen molar-refractivity contribution >= 4 is 35.0 Å². The Morgan fingerprint density at radius 3 is 2.64 bits per heavy atom. The second-order valence-electron chi connectivity index (χ2n) is 6.04. The zero-order valence-corrected chi connectivity index (χ0v) is 17.4. The molecule has 2 aromatic carbocycles. The van der Waals surface area contributed by atoms with Crippen LogP contribution in [0.2, 0.25) is 5.02 Å². The number of benzene rings is 2. The van der Waals surface area contributed by atoms with Gasteiger partial charge in [0.15, 0.2) is 11.0 Å². The van der Waals surface area contributed by atoms with E-state index in [-0.39, 0.29) is 11.2 Å². The van der Waals surface area contributed by atoms with E-state index in [1.165, 1.54) is 11.8 Å². The summed E-state index contributed by atoms with van der Waals surface area (Å²) in [6.07, 6.45) is 0. The van der Waals surface area contributed by atoms with Gasteiger partial charge in [-0.2, -0.15) is 0 Å². The molecule has 0 saturated carbocycles. The summed E-state index contributed by atoms with van der Waals surface area (Å²) >= 11 is 7.46. The molecule has 28 heavy (non-hydrogen) atoms. The van der Waals surface area contributed by atoms with Crippen LogP contribution in [0.5, 0.6) is 5.75 Å². The number of thioether (sulfide) groups is 1. The highest BCUT2D eigenvalue weighted by molar-refractivity contribution is 8.00. The Labute approximate surface area is 173 Å². The monoisotopic (exact) mass is 416 g/mol. The van der Waals surface area contributed by atoms with Crippen LogP contribution in [0.4, 0.5) is 5.69 Å². The minimum atomic E-state index is -0.344. The van der Waals surface area contributed by atoms with Crippen molar-refractivity contribution in [3.8, 4) is 17.1 Å². The molecule has 1 atom stereocenters. The summed E-state index contributed by atoms with van der Waals surface area (Å²) < 4.78 is 7.11. The first-order valence-electron chi connectivity index (χ1n) is 8.82. The number of nitrogens with zero attached hydrogens (tertiary/aromatic N) is 3. The molecule has 0 unspecified atom stereocenters. The third kappa shape index (κ3) is 4.66. The lowest BCUT2D eigenvalue weighted by molar-refractivity contribution is -0.115. The molecular weight excluding hydrogens is 396 g/mol. The number of methoxy groups -OCH3 is 1. The third-order valence-corrected chi connectivity index (χ3v) is 5.44. The maximum Gasteiger partial charge on any atom is 0.237 e. The van der Waals surface area contributed by atoms with Crippen LogP contribution in [-0.2, 0) is 11.3 Å². The van der Waals surface area contributed by atoms with Crippen LogP contribution in [0.3, 0.4) is 0 Å². The summed E-state index contributed by atoms with van der Waals surface area (Å²) in [4.78, 5) is 12.6. The number of aromatic nitrogens is 3. The highest BCUT2D eigenvalue weighted by atomic mass is 35.5. The lowest BCUT2D eigenvalue weighted by Crippen LogP contribution is -2.22. The highest BCUT2D eigenvalue weighted by Crippen LogP contribution is 2.28. The molecule has 1 heterocycles. The summed E-state index contributed by atoms with van der Waals surface area (Å²) in [5.74, 6) is 1.37. The van der Waals surface area contributed by atoms with E-state index < -0.39 is 0 Å². The smallest absolute Gasteiger partial charge is 0.237 e. The van der Waals surface area contributed by atoms with Crippen molar-refractivity contribution in [1.29, 1.82) is 0 Å². The van der Waals surface area contributed by atoms with Gasteiger partial charge in [-0.1, -0.05) is 35.5 Å². The van der Waals surface area contributed by atoms with Crippen LogP contribution in [0.25, 0.3) is 11.4 Å². The van der Waals surface area contributed by atoms with Crippen molar-refractivity contribution in [1.82, 2.24) is 14.8 Å². The SMILES string of the molecule is CCn1c(S[C@@H](C)C(=O)Nc2ccc(OC)cc2)nnc1-c1cccc(Cl)c1. The second kappa shape index (κ2) is 9.12. The normalized spacial score (nSPS) is 11.9. The minimum absolute atomic E-state index is 0.106. The molecule has 0 aliphatic heterocycles. The van der Waals surface area contributed by atoms with Crippen LogP contribution in [0, 0.1) is 0 Å². The van der Waals surface area contributed by atoms with Crippen LogP contribution in [0.15, 0.2) is 53.7 Å². The summed E-state index contributed by atoms with van der Waals surface area (Å²) in [5.41, 5.74) is 1.61. The van der Waals surface area contributed by atoms with Crippen molar-refractivity contribution < 1.29 is 9.53 Å². The van der Waals surface area contributed by atoms with Gasteiger partial charge in [0, 0.05) is 22.8 Å². The molecular formula is C20H21ClN4O2S. The molecule has 0 fully saturated rings. The fourth-order valence-electron chi connectivity index (χ4n) is 2.63. The van der Waals surface area contributed by atoms with E-state index in [4.69, 9.17) is 16.3 Å². The fraction of sp³-hybridized carbons (Fsp3) is 0.250. The van der Waals surface area contributed by atoms with Crippen molar-refractivity contribution in [3.63, 3.8) is 0 Å². The first kappa shape index (κ1) is 20.2. The van der Waals surface area contributed by atoms with Crippen LogP contribution < -0.4 is 10.1 Å². The average Bonchev–Trinajstić information content (AvgIpc) is 3.11. The number of amides is 1. The quantitative estimate of drug-likeness (QED) is 0.563. The maximum absolute atomic E-state index is 12.6. The predicted octanol–water partition coefficient (Wildman–Crippen LogP) is 4.75. The maximum atomic E-state index is 12.6. The van der Waals surface area contributed by atoms with E-state index in [1.54, 1.807) is 31.4 Å². The summed E-state index contributed by atoms with van der Waals surface area (Å²) in [6.45, 7) is 4.55. The summed E-state index contributed by atoms with van der Waals surface area (Å²) in [5, 5.41) is 12.5. The van der Waals surface area contributed by atoms with Crippen molar-refractivity contribution in [2.75, 3.05) is 12.4 Å². The Hall–Kier alpha value is -2.51. The summed E-state index contributed by atoms with van der Waals surface area (Å²) in [6, 6.07) is 14.7. The Morgan fingerprint density at radius 2 is 2.00 bits per heavy atom. The fourth-order valence-corrected chi connectivity index (χ4v) is 3.74. The van der Waals surface area contributed by atoms with Gasteiger partial charge >= 0.3 is 0 Å². The number of nitrogens with one attached hydrogen (secondary N) is 1. The number of halogens is 1. The van der Waals surface area contributed by atoms with Crippen molar-refractivity contribution in [3.05, 3.63) is 53.6 Å². The molecule has 0 bridgehead atoms. The van der Waals surface area contributed by atoms with Crippen LogP contribution in [0.1, 0.15) is 13.8 Å². The zero-order chi connectivity index (χ0) is 20.1. The van der Waals surface area contributed by atoms with E-state index in [0.29, 0.717) is 16.7 Å². The Bertz CT molecular complexity index is 959. The van der Waals surface area contributed by atoms with Gasteiger partial charge in [0.05, 0.1) is 12.4 Å². The molecule has 0 radical (unpaired) electrons. The Kier molecular flexibility index (Phi) is 6.59.